The van der Waals surface area contributed by atoms with Crippen LogP contribution in [0.15, 0.2) is 0 Å². The fourth-order valence-corrected chi connectivity index (χ4v) is 2.73. The van der Waals surface area contributed by atoms with E-state index >= 15 is 0 Å². The summed E-state index contributed by atoms with van der Waals surface area (Å²) >= 11 is 0. The van der Waals surface area contributed by atoms with Crippen molar-refractivity contribution in [1.29, 1.82) is 0 Å². The summed E-state index contributed by atoms with van der Waals surface area (Å²) in [4.78, 5) is 13.9. The Morgan fingerprint density at radius 2 is 1.89 bits per heavy atom. The van der Waals surface area contributed by atoms with E-state index in [2.05, 4.69) is 0 Å². The van der Waals surface area contributed by atoms with E-state index < -0.39 is 0 Å². The highest BCUT2D eigenvalue weighted by Gasteiger charge is 2.24. The third kappa shape index (κ3) is 5.89. The first-order chi connectivity index (χ1) is 9.21. The average Bonchev–Trinajstić information content (AvgIpc) is 2.44. The number of amides is 1. The lowest BCUT2D eigenvalue weighted by molar-refractivity contribution is -0.133. The lowest BCUT2D eigenvalue weighted by Crippen LogP contribution is -2.37. The van der Waals surface area contributed by atoms with Gasteiger partial charge in [-0.15, -0.1) is 0 Å². The van der Waals surface area contributed by atoms with E-state index in [1.807, 2.05) is 0 Å². The quantitative estimate of drug-likeness (QED) is 0.679. The fourth-order valence-electron chi connectivity index (χ4n) is 2.73. The minimum Gasteiger partial charge on any atom is -0.395 e. The van der Waals surface area contributed by atoms with Gasteiger partial charge in [-0.1, -0.05) is 0 Å². The standard InChI is InChI=1S/C14H28N2O3/c1-19-9-7-16(6-8-17)14(18)10-12-2-4-13(11-15)5-3-12/h12-13,17H,2-11,15H2,1H3. The van der Waals surface area contributed by atoms with Gasteiger partial charge in [-0.2, -0.15) is 0 Å². The number of ether oxygens (including phenoxy) is 1. The van der Waals surface area contributed by atoms with Crippen molar-refractivity contribution >= 4 is 5.91 Å². The summed E-state index contributed by atoms with van der Waals surface area (Å²) in [7, 11) is 1.62. The maximum Gasteiger partial charge on any atom is 0.223 e. The summed E-state index contributed by atoms with van der Waals surface area (Å²) in [6.45, 7) is 2.26. The molecule has 0 radical (unpaired) electrons. The molecule has 0 aromatic heterocycles. The molecule has 0 aliphatic heterocycles. The van der Waals surface area contributed by atoms with Gasteiger partial charge in [-0.3, -0.25) is 4.79 Å². The van der Waals surface area contributed by atoms with Gasteiger partial charge < -0.3 is 20.5 Å². The van der Waals surface area contributed by atoms with E-state index in [0.29, 0.717) is 38.0 Å². The van der Waals surface area contributed by atoms with Gasteiger partial charge >= 0.3 is 0 Å². The van der Waals surface area contributed by atoms with Crippen molar-refractivity contribution in [2.75, 3.05) is 40.0 Å². The Hall–Kier alpha value is -0.650. The Kier molecular flexibility index (Phi) is 8.02. The van der Waals surface area contributed by atoms with Crippen LogP contribution in [0.5, 0.6) is 0 Å². The molecule has 0 atom stereocenters. The molecule has 1 amide bonds. The molecule has 5 nitrogen and oxygen atoms in total. The van der Waals surface area contributed by atoms with E-state index in [4.69, 9.17) is 15.6 Å². The molecule has 1 aliphatic carbocycles. The van der Waals surface area contributed by atoms with E-state index in [9.17, 15) is 4.79 Å². The number of carbonyl (C=O) groups is 1. The van der Waals surface area contributed by atoms with Crippen molar-refractivity contribution in [3.8, 4) is 0 Å². The third-order valence-corrected chi connectivity index (χ3v) is 4.05. The average molecular weight is 272 g/mol. The fraction of sp³-hybridized carbons (Fsp3) is 0.929. The van der Waals surface area contributed by atoms with Gasteiger partial charge in [0.2, 0.25) is 5.91 Å². The lowest BCUT2D eigenvalue weighted by Gasteiger charge is -2.29. The van der Waals surface area contributed by atoms with Gasteiger partial charge in [0.25, 0.3) is 0 Å². The Morgan fingerprint density at radius 1 is 1.26 bits per heavy atom. The summed E-state index contributed by atoms with van der Waals surface area (Å²) in [6, 6.07) is 0. The zero-order valence-electron chi connectivity index (χ0n) is 12.0. The molecule has 1 aliphatic rings. The summed E-state index contributed by atoms with van der Waals surface area (Å²) in [6.07, 6.45) is 5.09. The molecule has 0 aromatic carbocycles. The summed E-state index contributed by atoms with van der Waals surface area (Å²) in [5, 5.41) is 9.01. The van der Waals surface area contributed by atoms with Crippen molar-refractivity contribution in [3.05, 3.63) is 0 Å². The number of hydrogen-bond acceptors (Lipinski definition) is 4. The molecule has 0 saturated heterocycles. The van der Waals surface area contributed by atoms with Gasteiger partial charge in [0.05, 0.1) is 13.2 Å². The zero-order valence-corrected chi connectivity index (χ0v) is 12.0. The summed E-state index contributed by atoms with van der Waals surface area (Å²) in [5.41, 5.74) is 5.68. The number of nitrogens with zero attached hydrogens (tertiary/aromatic N) is 1. The number of carbonyl (C=O) groups excluding carboxylic acids is 1. The molecule has 1 fully saturated rings. The molecule has 19 heavy (non-hydrogen) atoms. The Morgan fingerprint density at radius 3 is 2.42 bits per heavy atom. The highest BCUT2D eigenvalue weighted by molar-refractivity contribution is 5.76. The number of methoxy groups -OCH3 is 1. The first kappa shape index (κ1) is 16.4. The molecule has 112 valence electrons. The molecule has 0 aromatic rings. The summed E-state index contributed by atoms with van der Waals surface area (Å²) < 4.78 is 5.00. The Balaban J connectivity index is 2.34. The molecule has 0 bridgehead atoms. The van der Waals surface area contributed by atoms with Crippen molar-refractivity contribution in [2.24, 2.45) is 17.6 Å². The van der Waals surface area contributed by atoms with Crippen LogP contribution in [0.4, 0.5) is 0 Å². The van der Waals surface area contributed by atoms with Crippen molar-refractivity contribution in [2.45, 2.75) is 32.1 Å². The molecule has 0 heterocycles. The van der Waals surface area contributed by atoms with Crippen LogP contribution < -0.4 is 5.73 Å². The molecule has 0 spiro atoms. The monoisotopic (exact) mass is 272 g/mol. The number of aliphatic hydroxyl groups excluding tert-OH is 1. The van der Waals surface area contributed by atoms with E-state index in [1.165, 1.54) is 0 Å². The second-order valence-electron chi connectivity index (χ2n) is 5.42. The van der Waals surface area contributed by atoms with Crippen molar-refractivity contribution < 1.29 is 14.6 Å². The summed E-state index contributed by atoms with van der Waals surface area (Å²) in [5.74, 6) is 1.27. The van der Waals surface area contributed by atoms with E-state index in [-0.39, 0.29) is 12.5 Å². The van der Waals surface area contributed by atoms with Crippen LogP contribution in [0.1, 0.15) is 32.1 Å². The van der Waals surface area contributed by atoms with Crippen LogP contribution in [0.25, 0.3) is 0 Å². The maximum absolute atomic E-state index is 12.2. The second kappa shape index (κ2) is 9.28. The number of aliphatic hydroxyl groups is 1. The molecule has 5 heteroatoms. The minimum atomic E-state index is 0.00929. The first-order valence-corrected chi connectivity index (χ1v) is 7.28. The smallest absolute Gasteiger partial charge is 0.223 e. The number of rotatable bonds is 8. The lowest BCUT2D eigenvalue weighted by atomic mass is 9.80. The van der Waals surface area contributed by atoms with Gasteiger partial charge in [0.1, 0.15) is 0 Å². The van der Waals surface area contributed by atoms with Crippen molar-refractivity contribution in [3.63, 3.8) is 0 Å². The van der Waals surface area contributed by atoms with Gasteiger partial charge in [-0.05, 0) is 44.1 Å². The largest absolute Gasteiger partial charge is 0.395 e. The van der Waals surface area contributed by atoms with Crippen LogP contribution in [0.3, 0.4) is 0 Å². The molecular weight excluding hydrogens is 244 g/mol. The topological polar surface area (TPSA) is 75.8 Å². The Bertz CT molecular complexity index is 253. The molecular formula is C14H28N2O3. The predicted molar refractivity (Wildman–Crippen MR) is 74.7 cm³/mol. The molecule has 3 N–H and O–H groups in total. The third-order valence-electron chi connectivity index (χ3n) is 4.05. The second-order valence-corrected chi connectivity index (χ2v) is 5.42. The molecule has 0 unspecified atom stereocenters. The number of nitrogens with two attached hydrogens (primary N) is 1. The van der Waals surface area contributed by atoms with Crippen LogP contribution in [0, 0.1) is 11.8 Å². The normalized spacial score (nSPS) is 23.3. The minimum absolute atomic E-state index is 0.00929. The predicted octanol–water partition coefficient (Wildman–Crippen LogP) is 0.609. The Labute approximate surface area is 116 Å². The SMILES string of the molecule is COCCN(CCO)C(=O)CC1CCC(CN)CC1. The number of hydrogen-bond donors (Lipinski definition) is 2. The van der Waals surface area contributed by atoms with E-state index in [1.54, 1.807) is 12.0 Å². The van der Waals surface area contributed by atoms with Crippen LogP contribution in [0.2, 0.25) is 0 Å². The highest BCUT2D eigenvalue weighted by atomic mass is 16.5. The molecule has 1 rings (SSSR count). The van der Waals surface area contributed by atoms with Gasteiger partial charge in [0.15, 0.2) is 0 Å². The zero-order chi connectivity index (χ0) is 14.1. The van der Waals surface area contributed by atoms with Crippen molar-refractivity contribution in [1.82, 2.24) is 4.90 Å². The highest BCUT2D eigenvalue weighted by Crippen LogP contribution is 2.30. The van der Waals surface area contributed by atoms with Gasteiger partial charge in [0, 0.05) is 26.6 Å². The van der Waals surface area contributed by atoms with Gasteiger partial charge in [-0.25, -0.2) is 0 Å². The van der Waals surface area contributed by atoms with Crippen LogP contribution in [-0.2, 0) is 9.53 Å². The first-order valence-electron chi connectivity index (χ1n) is 7.28. The molecule has 1 saturated carbocycles. The maximum atomic E-state index is 12.2. The van der Waals surface area contributed by atoms with E-state index in [0.717, 1.165) is 32.2 Å². The van der Waals surface area contributed by atoms with Crippen LogP contribution in [-0.4, -0.2) is 55.9 Å². The van der Waals surface area contributed by atoms with Crippen LogP contribution >= 0.6 is 0 Å².